The van der Waals surface area contributed by atoms with Crippen molar-refractivity contribution in [1.29, 1.82) is 0 Å². The maximum Gasteiger partial charge on any atom is -0.0281 e. The predicted molar refractivity (Wildman–Crippen MR) is 69.3 cm³/mol. The van der Waals surface area contributed by atoms with E-state index in [9.17, 15) is 0 Å². The maximum atomic E-state index is 2.87. The first-order valence-corrected chi connectivity index (χ1v) is 16.1. The van der Waals surface area contributed by atoms with Gasteiger partial charge in [-0.3, -0.25) is 0 Å². The molecule has 0 aliphatic rings. The Morgan fingerprint density at radius 1 is 1.00 bits per heavy atom. The van der Waals surface area contributed by atoms with Gasteiger partial charge in [0.15, 0.2) is 0 Å². The molecule has 0 aliphatic heterocycles. The molecule has 50 valence electrons. The van der Waals surface area contributed by atoms with E-state index in [1.165, 1.54) is 7.96 Å². The third-order valence-electron chi connectivity index (χ3n) is 0.435. The van der Waals surface area contributed by atoms with Gasteiger partial charge in [-0.25, -0.2) is 0 Å². The van der Waals surface area contributed by atoms with Crippen molar-refractivity contribution in [2.75, 3.05) is 0 Å². The average molecular weight is 258 g/mol. The first-order chi connectivity index (χ1) is 3.85. The molecule has 7 atom stereocenters. The second-order valence-electron chi connectivity index (χ2n) is 0.850. The summed E-state index contributed by atoms with van der Waals surface area (Å²) in [4.78, 5) is 0. The summed E-state index contributed by atoms with van der Waals surface area (Å²) >= 11 is 0. The lowest BCUT2D eigenvalue weighted by Gasteiger charge is -2.08. The van der Waals surface area contributed by atoms with E-state index in [0.717, 1.165) is 23.9 Å². The second-order valence-corrected chi connectivity index (χ2v) is 22.9. The SMILES string of the molecule is PPPP(PP)PP. The Bertz CT molecular complexity index is 35.3. The van der Waals surface area contributed by atoms with Gasteiger partial charge >= 0.3 is 0 Å². The predicted octanol–water partition coefficient (Wildman–Crippen LogP) is 4.21. The zero-order valence-corrected chi connectivity index (χ0v) is 12.5. The van der Waals surface area contributed by atoms with E-state index < -0.39 is 0 Å². The van der Waals surface area contributed by atoms with Crippen LogP contribution in [0.5, 0.6) is 0 Å². The fourth-order valence-electron chi connectivity index (χ4n) is 0.166. The third kappa shape index (κ3) is 6.17. The van der Waals surface area contributed by atoms with E-state index in [4.69, 9.17) is 0 Å². The summed E-state index contributed by atoms with van der Waals surface area (Å²) in [6.45, 7) is 0.444. The summed E-state index contributed by atoms with van der Waals surface area (Å²) < 4.78 is 0. The molecular weight excluding hydrogens is 248 g/mol. The molecule has 0 saturated heterocycles. The summed E-state index contributed by atoms with van der Waals surface area (Å²) in [5.41, 5.74) is 0. The topological polar surface area (TPSA) is 0 Å². The molecule has 7 unspecified atom stereocenters. The fraction of sp³-hybridized carbons (Fsp3) is 0. The Morgan fingerprint density at radius 3 is 1.62 bits per heavy atom. The van der Waals surface area contributed by atoms with Crippen molar-refractivity contribution in [3.63, 3.8) is 0 Å². The normalized spacial score (nSPS) is 19.9. The van der Waals surface area contributed by atoms with Gasteiger partial charge in [-0.15, -0.1) is 26.8 Å². The minimum absolute atomic E-state index is 0.444. The highest BCUT2D eigenvalue weighted by Gasteiger charge is 1.98. The van der Waals surface area contributed by atoms with Crippen molar-refractivity contribution in [2.24, 2.45) is 0 Å². The molecule has 0 amide bonds. The Balaban J connectivity index is 3.07. The molecule has 0 aromatic carbocycles. The quantitative estimate of drug-likeness (QED) is 0.662. The summed E-state index contributed by atoms with van der Waals surface area (Å²) in [6, 6.07) is 0. The molecule has 0 bridgehead atoms. The summed E-state index contributed by atoms with van der Waals surface area (Å²) in [5, 5.41) is 0. The minimum Gasteiger partial charge on any atom is -0.110 e. The van der Waals surface area contributed by atoms with Gasteiger partial charge in [0.25, 0.3) is 0 Å². The van der Waals surface area contributed by atoms with Crippen LogP contribution in [0.1, 0.15) is 0 Å². The lowest BCUT2D eigenvalue weighted by molar-refractivity contribution is 4.89. The molecule has 0 fully saturated rings. The lowest BCUT2D eigenvalue weighted by atomic mass is 28.9. The first-order valence-electron chi connectivity index (χ1n) is 1.79. The monoisotopic (exact) mass is 258 g/mol. The van der Waals surface area contributed by atoms with Crippen LogP contribution >= 0.6 is 65.6 Å². The van der Waals surface area contributed by atoms with Gasteiger partial charge in [-0.1, -0.05) is 31.8 Å². The molecule has 8 heteroatoms. The van der Waals surface area contributed by atoms with Gasteiger partial charge in [-0.2, -0.15) is 0 Å². The zero-order chi connectivity index (χ0) is 6.41. The number of hydrogen-bond acceptors (Lipinski definition) is 0. The molecule has 0 nitrogen and oxygen atoms in total. The summed E-state index contributed by atoms with van der Waals surface area (Å²) in [6.07, 6.45) is 0. The minimum atomic E-state index is 0.444. The largest absolute Gasteiger partial charge is 0.110 e. The molecule has 0 heterocycles. The maximum absolute atomic E-state index is 2.87. The molecule has 0 aromatic rings. The Labute approximate surface area is 65.8 Å². The van der Waals surface area contributed by atoms with Crippen molar-refractivity contribution >= 4 is 65.6 Å². The molecule has 0 saturated carbocycles. The van der Waals surface area contributed by atoms with Gasteiger partial charge in [0.05, 0.1) is 0 Å². The van der Waals surface area contributed by atoms with Crippen LogP contribution in [0.2, 0.25) is 0 Å². The number of hydrogen-bond donors (Lipinski definition) is 0. The fourth-order valence-corrected chi connectivity index (χ4v) is 40.4. The molecule has 0 rings (SSSR count). The van der Waals surface area contributed by atoms with Crippen LogP contribution < -0.4 is 0 Å². The van der Waals surface area contributed by atoms with E-state index >= 15 is 0 Å². The van der Waals surface area contributed by atoms with Crippen molar-refractivity contribution in [3.05, 3.63) is 0 Å². The van der Waals surface area contributed by atoms with Gasteiger partial charge in [0.2, 0.25) is 0 Å². The lowest BCUT2D eigenvalue weighted by Crippen LogP contribution is -1.17. The number of rotatable bonds is 4. The molecule has 0 aromatic heterocycles. The Hall–Kier alpha value is 3.44. The first kappa shape index (κ1) is 11.4. The van der Waals surface area contributed by atoms with E-state index in [0.29, 0.717) is 6.99 Å². The van der Waals surface area contributed by atoms with Crippen molar-refractivity contribution in [3.8, 4) is 0 Å². The average Bonchev–Trinajstić information content (AvgIpc) is 1.83. The molecule has 0 radical (unpaired) electrons. The smallest absolute Gasteiger partial charge is 0.0281 e. The molecule has 0 N–H and O–H groups in total. The second kappa shape index (κ2) is 8.54. The molecule has 0 aliphatic carbocycles. The standard InChI is InChI=1S/H10P8/c1-4-7-8(5-2)6-3/h4-7H,1-3H2. The van der Waals surface area contributed by atoms with Crippen LogP contribution in [0.3, 0.4) is 0 Å². The van der Waals surface area contributed by atoms with Crippen molar-refractivity contribution in [2.45, 2.75) is 0 Å². The van der Waals surface area contributed by atoms with Crippen LogP contribution in [-0.2, 0) is 0 Å². The molecule has 8 heavy (non-hydrogen) atoms. The highest BCUT2D eigenvalue weighted by atomic mass is 33.0. The highest BCUT2D eigenvalue weighted by Crippen LogP contribution is 2.89. The van der Waals surface area contributed by atoms with E-state index in [-0.39, 0.29) is 0 Å². The van der Waals surface area contributed by atoms with Crippen molar-refractivity contribution in [1.82, 2.24) is 0 Å². The van der Waals surface area contributed by atoms with Crippen LogP contribution in [-0.4, -0.2) is 0 Å². The molecular formula is H10P8. The van der Waals surface area contributed by atoms with Gasteiger partial charge < -0.3 is 0 Å². The van der Waals surface area contributed by atoms with Gasteiger partial charge in [0.1, 0.15) is 0 Å². The van der Waals surface area contributed by atoms with Crippen LogP contribution in [0.4, 0.5) is 0 Å². The highest BCUT2D eigenvalue weighted by molar-refractivity contribution is 8.95. The van der Waals surface area contributed by atoms with Crippen LogP contribution in [0.15, 0.2) is 0 Å². The Morgan fingerprint density at radius 2 is 1.50 bits per heavy atom. The third-order valence-corrected chi connectivity index (χ3v) is 35.2. The van der Waals surface area contributed by atoms with Gasteiger partial charge in [-0.05, 0) is 6.99 Å². The zero-order valence-electron chi connectivity index (χ0n) is 4.18. The van der Waals surface area contributed by atoms with E-state index in [1.54, 1.807) is 0 Å². The van der Waals surface area contributed by atoms with Crippen LogP contribution in [0, 0.1) is 0 Å². The van der Waals surface area contributed by atoms with E-state index in [1.807, 2.05) is 0 Å². The molecule has 0 spiro atoms. The van der Waals surface area contributed by atoms with Crippen LogP contribution in [0.25, 0.3) is 0 Å². The van der Waals surface area contributed by atoms with Crippen molar-refractivity contribution < 1.29 is 0 Å². The Kier molecular flexibility index (Phi) is 12.2. The van der Waals surface area contributed by atoms with E-state index in [2.05, 4.69) is 26.8 Å². The summed E-state index contributed by atoms with van der Waals surface area (Å²) in [5.74, 6) is 0. The van der Waals surface area contributed by atoms with Gasteiger partial charge in [0, 0.05) is 0 Å². The summed E-state index contributed by atoms with van der Waals surface area (Å²) in [7, 11) is 13.2.